The number of aromatic nitrogens is 1. The molecule has 0 radical (unpaired) electrons. The fraction of sp³-hybridized carbons (Fsp3) is 0.500. The van der Waals surface area contributed by atoms with E-state index >= 15 is 0 Å². The number of likely N-dealkylation sites (tertiary alicyclic amines) is 1. The summed E-state index contributed by atoms with van der Waals surface area (Å²) in [6.07, 6.45) is 2.47. The second kappa shape index (κ2) is 7.99. The predicted molar refractivity (Wildman–Crippen MR) is 115 cm³/mol. The van der Waals surface area contributed by atoms with E-state index in [1.54, 1.807) is 17.0 Å². The summed E-state index contributed by atoms with van der Waals surface area (Å²) in [5.74, 6) is 0.738. The van der Waals surface area contributed by atoms with Crippen molar-refractivity contribution in [2.75, 3.05) is 20.2 Å². The Balaban J connectivity index is 1.72. The van der Waals surface area contributed by atoms with Crippen molar-refractivity contribution >= 4 is 5.91 Å². The molecule has 6 heteroatoms. The van der Waals surface area contributed by atoms with Crippen LogP contribution in [0.15, 0.2) is 30.3 Å². The van der Waals surface area contributed by atoms with Crippen LogP contribution in [0, 0.1) is 5.82 Å². The van der Waals surface area contributed by atoms with Gasteiger partial charge in [0, 0.05) is 24.8 Å². The molecule has 0 saturated carbocycles. The summed E-state index contributed by atoms with van der Waals surface area (Å²) >= 11 is 0. The number of ether oxygens (including phenoxy) is 1. The van der Waals surface area contributed by atoms with E-state index in [1.165, 1.54) is 6.07 Å². The molecule has 2 saturated heterocycles. The normalized spacial score (nSPS) is 23.7. The minimum atomic E-state index is -0.477. The third kappa shape index (κ3) is 3.69. The predicted octanol–water partition coefficient (Wildman–Crippen LogP) is 4.44. The van der Waals surface area contributed by atoms with E-state index in [-0.39, 0.29) is 23.7 Å². The van der Waals surface area contributed by atoms with Crippen molar-refractivity contribution in [2.24, 2.45) is 0 Å². The van der Waals surface area contributed by atoms with E-state index in [9.17, 15) is 9.18 Å². The van der Waals surface area contributed by atoms with Gasteiger partial charge in [-0.25, -0.2) is 4.39 Å². The topological polar surface area (TPSA) is 54.5 Å². The number of carbonyl (C=O) groups excluding carboxylic acids is 1. The van der Waals surface area contributed by atoms with E-state index in [0.29, 0.717) is 17.9 Å². The van der Waals surface area contributed by atoms with Crippen LogP contribution in [0.25, 0.3) is 11.1 Å². The molecule has 1 aromatic carbocycles. The molecule has 1 amide bonds. The lowest BCUT2D eigenvalue weighted by Gasteiger charge is -2.24. The monoisotopic (exact) mass is 411 g/mol. The molecule has 2 aliphatic heterocycles. The number of carbonyl (C=O) groups is 1. The highest BCUT2D eigenvalue weighted by atomic mass is 19.1. The number of amides is 1. The minimum absolute atomic E-state index is 0.0176. The first kappa shape index (κ1) is 20.8. The quantitative estimate of drug-likeness (QED) is 0.791. The van der Waals surface area contributed by atoms with Crippen LogP contribution in [-0.4, -0.2) is 41.5 Å². The van der Waals surface area contributed by atoms with Crippen LogP contribution in [-0.2, 0) is 4.79 Å². The summed E-state index contributed by atoms with van der Waals surface area (Å²) in [5.41, 5.74) is 2.61. The molecule has 160 valence electrons. The van der Waals surface area contributed by atoms with Gasteiger partial charge < -0.3 is 9.64 Å². The van der Waals surface area contributed by atoms with Crippen molar-refractivity contribution < 1.29 is 13.9 Å². The number of pyridine rings is 1. The molecule has 1 N–H and O–H groups in total. The van der Waals surface area contributed by atoms with Crippen LogP contribution < -0.4 is 10.1 Å². The third-order valence-electron chi connectivity index (χ3n) is 6.31. The minimum Gasteiger partial charge on any atom is -0.494 e. The van der Waals surface area contributed by atoms with Gasteiger partial charge in [-0.3, -0.25) is 15.1 Å². The number of benzene rings is 1. The molecule has 5 nitrogen and oxygen atoms in total. The van der Waals surface area contributed by atoms with E-state index in [2.05, 4.69) is 19.2 Å². The van der Waals surface area contributed by atoms with E-state index in [0.717, 1.165) is 42.8 Å². The summed E-state index contributed by atoms with van der Waals surface area (Å²) in [6.45, 7) is 7.39. The number of halogens is 1. The van der Waals surface area contributed by atoms with Crippen LogP contribution in [0.4, 0.5) is 4.39 Å². The fourth-order valence-corrected chi connectivity index (χ4v) is 4.57. The standard InChI is InChI=1S/C24H30FN3O2/c1-5-30-17-6-7-19(25)18(14-17)16-12-21(15(2)3)26-22(13-16)20-8-9-24(27-20)10-11-28(4)23(24)29/h6-7,12-15,20,27H,5,8-11H2,1-4H3/t20-,24-/m0/s1. The number of rotatable bonds is 5. The number of nitrogens with one attached hydrogen (secondary N) is 1. The van der Waals surface area contributed by atoms with E-state index < -0.39 is 5.54 Å². The molecule has 2 aliphatic rings. The van der Waals surface area contributed by atoms with Gasteiger partial charge in [0.25, 0.3) is 0 Å². The second-order valence-electron chi connectivity index (χ2n) is 8.73. The molecule has 2 atom stereocenters. The summed E-state index contributed by atoms with van der Waals surface area (Å²) in [4.78, 5) is 19.4. The Morgan fingerprint density at radius 1 is 1.30 bits per heavy atom. The van der Waals surface area contributed by atoms with E-state index in [1.807, 2.05) is 26.1 Å². The highest BCUT2D eigenvalue weighted by molar-refractivity contribution is 5.88. The molecule has 2 aromatic rings. The van der Waals surface area contributed by atoms with Gasteiger partial charge in [0.1, 0.15) is 17.1 Å². The molecule has 1 spiro atoms. The average molecular weight is 412 g/mol. The number of hydrogen-bond acceptors (Lipinski definition) is 4. The summed E-state index contributed by atoms with van der Waals surface area (Å²) in [7, 11) is 1.86. The van der Waals surface area contributed by atoms with Gasteiger partial charge in [0.2, 0.25) is 5.91 Å². The Hall–Kier alpha value is -2.47. The van der Waals surface area contributed by atoms with Crippen LogP contribution in [0.1, 0.15) is 63.4 Å². The van der Waals surface area contributed by atoms with Crippen molar-refractivity contribution in [2.45, 2.75) is 57.5 Å². The van der Waals surface area contributed by atoms with Gasteiger partial charge in [0.15, 0.2) is 0 Å². The molecule has 2 fully saturated rings. The van der Waals surface area contributed by atoms with E-state index in [4.69, 9.17) is 9.72 Å². The fourth-order valence-electron chi connectivity index (χ4n) is 4.57. The first-order chi connectivity index (χ1) is 14.3. The van der Waals surface area contributed by atoms with Crippen LogP contribution in [0.5, 0.6) is 5.75 Å². The Kier molecular flexibility index (Phi) is 5.53. The highest BCUT2D eigenvalue weighted by Crippen LogP contribution is 2.40. The zero-order valence-corrected chi connectivity index (χ0v) is 18.2. The Bertz CT molecular complexity index is 961. The molecule has 0 bridgehead atoms. The summed E-state index contributed by atoms with van der Waals surface area (Å²) < 4.78 is 20.3. The first-order valence-electron chi connectivity index (χ1n) is 10.8. The van der Waals surface area contributed by atoms with Gasteiger partial charge in [-0.2, -0.15) is 0 Å². The largest absolute Gasteiger partial charge is 0.494 e. The van der Waals surface area contributed by atoms with Gasteiger partial charge in [-0.05, 0) is 68.0 Å². The lowest BCUT2D eigenvalue weighted by molar-refractivity contribution is -0.131. The SMILES string of the molecule is CCOc1ccc(F)c(-c2cc(C(C)C)nc([C@@H]3CC[C@@]4(CCN(C)C4=O)N3)c2)c1. The van der Waals surface area contributed by atoms with Crippen molar-refractivity contribution in [1.82, 2.24) is 15.2 Å². The molecule has 3 heterocycles. The van der Waals surface area contributed by atoms with Gasteiger partial charge >= 0.3 is 0 Å². The van der Waals surface area contributed by atoms with Crippen LogP contribution >= 0.6 is 0 Å². The molecular formula is C24H30FN3O2. The maximum Gasteiger partial charge on any atom is 0.242 e. The molecule has 0 unspecified atom stereocenters. The second-order valence-corrected chi connectivity index (χ2v) is 8.73. The van der Waals surface area contributed by atoms with Crippen molar-refractivity contribution in [3.63, 3.8) is 0 Å². The molecule has 4 rings (SSSR count). The Morgan fingerprint density at radius 2 is 2.10 bits per heavy atom. The summed E-state index contributed by atoms with van der Waals surface area (Å²) in [5, 5.41) is 3.58. The van der Waals surface area contributed by atoms with Crippen molar-refractivity contribution in [1.29, 1.82) is 0 Å². The Labute approximate surface area is 177 Å². The maximum atomic E-state index is 14.7. The zero-order chi connectivity index (χ0) is 21.5. The van der Waals surface area contributed by atoms with Gasteiger partial charge in [0.05, 0.1) is 18.3 Å². The van der Waals surface area contributed by atoms with Gasteiger partial charge in [-0.15, -0.1) is 0 Å². The smallest absolute Gasteiger partial charge is 0.242 e. The zero-order valence-electron chi connectivity index (χ0n) is 18.2. The van der Waals surface area contributed by atoms with Gasteiger partial charge in [-0.1, -0.05) is 13.8 Å². The lowest BCUT2D eigenvalue weighted by Crippen LogP contribution is -2.47. The summed E-state index contributed by atoms with van der Waals surface area (Å²) in [6, 6.07) is 8.75. The first-order valence-corrected chi connectivity index (χ1v) is 10.8. The molecule has 1 aromatic heterocycles. The molecule has 30 heavy (non-hydrogen) atoms. The van der Waals surface area contributed by atoms with Crippen molar-refractivity contribution in [3.8, 4) is 16.9 Å². The number of hydrogen-bond donors (Lipinski definition) is 1. The molecule has 0 aliphatic carbocycles. The van der Waals surface area contributed by atoms with Crippen LogP contribution in [0.3, 0.4) is 0 Å². The van der Waals surface area contributed by atoms with Crippen molar-refractivity contribution in [3.05, 3.63) is 47.5 Å². The average Bonchev–Trinajstić information content (AvgIpc) is 3.29. The third-order valence-corrected chi connectivity index (χ3v) is 6.31. The highest BCUT2D eigenvalue weighted by Gasteiger charge is 2.50. The Morgan fingerprint density at radius 3 is 2.77 bits per heavy atom. The number of nitrogens with zero attached hydrogens (tertiary/aromatic N) is 2. The number of likely N-dealkylation sites (N-methyl/N-ethyl adjacent to an activating group) is 1. The maximum absolute atomic E-state index is 14.7. The van der Waals surface area contributed by atoms with Crippen LogP contribution in [0.2, 0.25) is 0 Å². The lowest BCUT2D eigenvalue weighted by atomic mass is 9.96. The molecular weight excluding hydrogens is 381 g/mol.